The minimum Gasteiger partial charge on any atom is -0.489 e. The first-order chi connectivity index (χ1) is 12.7. The van der Waals surface area contributed by atoms with Gasteiger partial charge in [-0.15, -0.1) is 0 Å². The summed E-state index contributed by atoms with van der Waals surface area (Å²) in [6.07, 6.45) is 0.441. The standard InChI is InChI=1S/C22H22O4/c1-13-7-19-20(8-14(13)2)22(26-12-16-10-24-16)18-6-4-3-5-17(18)21(19)25-11-15-9-23-15/h3-8,15-16H,9-12H2,1-2H3. The summed E-state index contributed by atoms with van der Waals surface area (Å²) in [4.78, 5) is 0. The molecule has 2 aliphatic rings. The van der Waals surface area contributed by atoms with Gasteiger partial charge in [0.05, 0.1) is 13.2 Å². The van der Waals surface area contributed by atoms with Crippen LogP contribution in [0.2, 0.25) is 0 Å². The number of epoxide rings is 2. The number of rotatable bonds is 6. The van der Waals surface area contributed by atoms with E-state index in [1.807, 2.05) is 12.1 Å². The van der Waals surface area contributed by atoms with E-state index in [0.29, 0.717) is 13.2 Å². The summed E-state index contributed by atoms with van der Waals surface area (Å²) in [7, 11) is 0. The van der Waals surface area contributed by atoms with Crippen molar-refractivity contribution in [3.63, 3.8) is 0 Å². The molecule has 26 heavy (non-hydrogen) atoms. The quantitative estimate of drug-likeness (QED) is 0.494. The average molecular weight is 350 g/mol. The maximum atomic E-state index is 6.24. The Bertz CT molecular complexity index is 907. The first kappa shape index (κ1) is 15.9. The highest BCUT2D eigenvalue weighted by molar-refractivity contribution is 6.11. The van der Waals surface area contributed by atoms with E-state index in [2.05, 4.69) is 38.1 Å². The van der Waals surface area contributed by atoms with Crippen molar-refractivity contribution in [2.75, 3.05) is 26.4 Å². The van der Waals surface area contributed by atoms with Crippen molar-refractivity contribution in [1.29, 1.82) is 0 Å². The first-order valence-corrected chi connectivity index (χ1v) is 9.15. The van der Waals surface area contributed by atoms with Gasteiger partial charge < -0.3 is 18.9 Å². The van der Waals surface area contributed by atoms with Crippen molar-refractivity contribution >= 4 is 21.5 Å². The Kier molecular flexibility index (Phi) is 3.76. The molecule has 2 atom stereocenters. The minimum absolute atomic E-state index is 0.221. The van der Waals surface area contributed by atoms with Crippen molar-refractivity contribution in [2.45, 2.75) is 26.1 Å². The van der Waals surface area contributed by atoms with Gasteiger partial charge in [-0.05, 0) is 37.1 Å². The summed E-state index contributed by atoms with van der Waals surface area (Å²) >= 11 is 0. The normalized spacial score (nSPS) is 21.2. The summed E-state index contributed by atoms with van der Waals surface area (Å²) in [5.74, 6) is 1.84. The number of hydrogen-bond acceptors (Lipinski definition) is 4. The van der Waals surface area contributed by atoms with Crippen molar-refractivity contribution < 1.29 is 18.9 Å². The highest BCUT2D eigenvalue weighted by Crippen LogP contribution is 2.44. The molecule has 0 aliphatic carbocycles. The van der Waals surface area contributed by atoms with Gasteiger partial charge in [-0.2, -0.15) is 0 Å². The van der Waals surface area contributed by atoms with Crippen molar-refractivity contribution in [3.8, 4) is 11.5 Å². The summed E-state index contributed by atoms with van der Waals surface area (Å²) < 4.78 is 23.1. The second-order valence-corrected chi connectivity index (χ2v) is 7.22. The zero-order chi connectivity index (χ0) is 17.7. The summed E-state index contributed by atoms with van der Waals surface area (Å²) in [6, 6.07) is 12.7. The monoisotopic (exact) mass is 350 g/mol. The lowest BCUT2D eigenvalue weighted by atomic mass is 9.96. The third-order valence-corrected chi connectivity index (χ3v) is 5.17. The molecule has 0 saturated carbocycles. The molecule has 2 fully saturated rings. The molecule has 0 radical (unpaired) electrons. The number of benzene rings is 3. The van der Waals surface area contributed by atoms with Gasteiger partial charge in [-0.3, -0.25) is 0 Å². The average Bonchev–Trinajstić information content (AvgIpc) is 3.54. The molecule has 0 N–H and O–H groups in total. The SMILES string of the molecule is Cc1cc2c(OCC3CO3)c3ccccc3c(OCC3CO3)c2cc1C. The third kappa shape index (κ3) is 2.89. The van der Waals surface area contributed by atoms with Crippen LogP contribution in [0.1, 0.15) is 11.1 Å². The van der Waals surface area contributed by atoms with Crippen LogP contribution < -0.4 is 9.47 Å². The maximum Gasteiger partial charge on any atom is 0.135 e. The Morgan fingerprint density at radius 3 is 1.58 bits per heavy atom. The van der Waals surface area contributed by atoms with E-state index in [0.717, 1.165) is 46.3 Å². The van der Waals surface area contributed by atoms with Gasteiger partial charge in [-0.1, -0.05) is 24.3 Å². The second kappa shape index (κ2) is 6.15. The summed E-state index contributed by atoms with van der Waals surface area (Å²) in [5.41, 5.74) is 2.49. The van der Waals surface area contributed by atoms with E-state index in [-0.39, 0.29) is 12.2 Å². The summed E-state index contributed by atoms with van der Waals surface area (Å²) in [6.45, 7) is 7.02. The van der Waals surface area contributed by atoms with Gasteiger partial charge in [0.2, 0.25) is 0 Å². The van der Waals surface area contributed by atoms with Crippen LogP contribution in [0.3, 0.4) is 0 Å². The molecule has 4 nitrogen and oxygen atoms in total. The van der Waals surface area contributed by atoms with Crippen LogP contribution in [0.5, 0.6) is 11.5 Å². The molecular formula is C22H22O4. The predicted molar refractivity (Wildman–Crippen MR) is 101 cm³/mol. The highest BCUT2D eigenvalue weighted by Gasteiger charge is 2.26. The van der Waals surface area contributed by atoms with Crippen LogP contribution in [-0.4, -0.2) is 38.6 Å². The molecule has 2 aliphatic heterocycles. The Balaban J connectivity index is 1.73. The van der Waals surface area contributed by atoms with Crippen LogP contribution in [0, 0.1) is 13.8 Å². The number of hydrogen-bond donors (Lipinski definition) is 0. The summed E-state index contributed by atoms with van der Waals surface area (Å²) in [5, 5.41) is 4.35. The Labute approximate surface area is 152 Å². The first-order valence-electron chi connectivity index (χ1n) is 9.15. The molecule has 2 heterocycles. The van der Waals surface area contributed by atoms with Crippen LogP contribution in [0.15, 0.2) is 36.4 Å². The van der Waals surface area contributed by atoms with E-state index in [1.165, 1.54) is 11.1 Å². The number of fused-ring (bicyclic) bond motifs is 2. The van der Waals surface area contributed by atoms with Gasteiger partial charge in [0, 0.05) is 21.5 Å². The number of ether oxygens (including phenoxy) is 4. The zero-order valence-electron chi connectivity index (χ0n) is 15.1. The molecule has 0 aromatic heterocycles. The molecule has 0 amide bonds. The van der Waals surface area contributed by atoms with Crippen molar-refractivity contribution in [2.24, 2.45) is 0 Å². The largest absolute Gasteiger partial charge is 0.489 e. The predicted octanol–water partition coefficient (Wildman–Crippen LogP) is 4.17. The lowest BCUT2D eigenvalue weighted by molar-refractivity contribution is 0.264. The van der Waals surface area contributed by atoms with E-state index in [4.69, 9.17) is 18.9 Å². The van der Waals surface area contributed by atoms with Gasteiger partial charge in [0.1, 0.15) is 36.9 Å². The zero-order valence-corrected chi connectivity index (χ0v) is 15.1. The van der Waals surface area contributed by atoms with Crippen LogP contribution in [0.25, 0.3) is 21.5 Å². The van der Waals surface area contributed by atoms with E-state index < -0.39 is 0 Å². The molecule has 0 bridgehead atoms. The molecule has 0 spiro atoms. The topological polar surface area (TPSA) is 43.5 Å². The van der Waals surface area contributed by atoms with Crippen LogP contribution >= 0.6 is 0 Å². The lowest BCUT2D eigenvalue weighted by Crippen LogP contribution is -2.07. The van der Waals surface area contributed by atoms with Gasteiger partial charge in [0.15, 0.2) is 0 Å². The van der Waals surface area contributed by atoms with Gasteiger partial charge in [-0.25, -0.2) is 0 Å². The maximum absolute atomic E-state index is 6.24. The van der Waals surface area contributed by atoms with Crippen molar-refractivity contribution in [1.82, 2.24) is 0 Å². The van der Waals surface area contributed by atoms with E-state index in [1.54, 1.807) is 0 Å². The van der Waals surface area contributed by atoms with Crippen LogP contribution in [0.4, 0.5) is 0 Å². The van der Waals surface area contributed by atoms with E-state index in [9.17, 15) is 0 Å². The molecular weight excluding hydrogens is 328 g/mol. The fourth-order valence-electron chi connectivity index (χ4n) is 3.35. The Morgan fingerprint density at radius 1 is 0.769 bits per heavy atom. The van der Waals surface area contributed by atoms with Gasteiger partial charge >= 0.3 is 0 Å². The van der Waals surface area contributed by atoms with Crippen molar-refractivity contribution in [3.05, 3.63) is 47.5 Å². The van der Waals surface area contributed by atoms with E-state index >= 15 is 0 Å². The van der Waals surface area contributed by atoms with Crippen LogP contribution in [-0.2, 0) is 9.47 Å². The Hall–Kier alpha value is -2.30. The highest BCUT2D eigenvalue weighted by atomic mass is 16.6. The molecule has 2 unspecified atom stereocenters. The Morgan fingerprint density at radius 2 is 1.19 bits per heavy atom. The molecule has 3 aromatic rings. The molecule has 5 rings (SSSR count). The fraction of sp³-hybridized carbons (Fsp3) is 0.364. The molecule has 134 valence electrons. The third-order valence-electron chi connectivity index (χ3n) is 5.17. The lowest BCUT2D eigenvalue weighted by Gasteiger charge is -2.18. The second-order valence-electron chi connectivity index (χ2n) is 7.22. The minimum atomic E-state index is 0.221. The molecule has 3 aromatic carbocycles. The molecule has 2 saturated heterocycles. The fourth-order valence-corrected chi connectivity index (χ4v) is 3.35. The molecule has 4 heteroatoms. The van der Waals surface area contributed by atoms with Gasteiger partial charge in [0.25, 0.3) is 0 Å². The smallest absolute Gasteiger partial charge is 0.135 e. The number of aryl methyl sites for hydroxylation is 2.